The molecule has 2 unspecified atom stereocenters. The molecule has 188 valence electrons. The van der Waals surface area contributed by atoms with Crippen LogP contribution in [0.15, 0.2) is 60.7 Å². The van der Waals surface area contributed by atoms with Crippen molar-refractivity contribution in [1.82, 2.24) is 9.80 Å². The Morgan fingerprint density at radius 1 is 1.11 bits per heavy atom. The highest BCUT2D eigenvalue weighted by Gasteiger charge is 2.64. The van der Waals surface area contributed by atoms with Crippen LogP contribution in [0.2, 0.25) is 0 Å². The highest BCUT2D eigenvalue weighted by molar-refractivity contribution is 8.00. The van der Waals surface area contributed by atoms with E-state index in [1.807, 2.05) is 86.3 Å². The predicted octanol–water partition coefficient (Wildman–Crippen LogP) is 5.23. The van der Waals surface area contributed by atoms with Crippen LogP contribution in [0, 0.1) is 5.92 Å². The number of hydrogen-bond donors (Lipinski definition) is 1. The van der Waals surface area contributed by atoms with Gasteiger partial charge >= 0.3 is 12.0 Å². The second-order valence-corrected chi connectivity index (χ2v) is 10.7. The molecule has 1 N–H and O–H groups in total. The standard InChI is InChI=1S/C28H36N2O4S/c1-4-12-23(26(31)34-17-5-2)28(33)25-24(19-35-28)30(20(3)22-15-10-7-11-16-22)27(32)29(25)18-21-13-8-6-9-14-21/h6-11,13-16,20,23-25,33H,4-5,12,17-19H2,1-3H3/t20-,23?,24-,25-,28?/m1/s1. The van der Waals surface area contributed by atoms with Gasteiger partial charge in [0, 0.05) is 12.3 Å². The van der Waals surface area contributed by atoms with Crippen molar-refractivity contribution in [3.05, 3.63) is 71.8 Å². The minimum Gasteiger partial charge on any atom is -0.465 e. The molecule has 2 aromatic rings. The van der Waals surface area contributed by atoms with Gasteiger partial charge in [-0.2, -0.15) is 0 Å². The zero-order chi connectivity index (χ0) is 25.0. The summed E-state index contributed by atoms with van der Waals surface area (Å²) in [6.45, 7) is 6.71. The van der Waals surface area contributed by atoms with E-state index in [1.54, 1.807) is 4.90 Å². The predicted molar refractivity (Wildman–Crippen MR) is 139 cm³/mol. The smallest absolute Gasteiger partial charge is 0.321 e. The molecule has 7 heteroatoms. The largest absolute Gasteiger partial charge is 0.465 e. The fourth-order valence-corrected chi connectivity index (χ4v) is 7.08. The molecule has 0 spiro atoms. The van der Waals surface area contributed by atoms with Crippen LogP contribution in [0.4, 0.5) is 4.79 Å². The van der Waals surface area contributed by atoms with Crippen LogP contribution in [0.3, 0.4) is 0 Å². The Balaban J connectivity index is 1.72. The van der Waals surface area contributed by atoms with Gasteiger partial charge in [-0.1, -0.05) is 80.9 Å². The number of rotatable bonds is 10. The number of esters is 1. The topological polar surface area (TPSA) is 70.1 Å². The molecule has 2 saturated heterocycles. The molecule has 5 atom stereocenters. The van der Waals surface area contributed by atoms with Crippen molar-refractivity contribution >= 4 is 23.8 Å². The first-order valence-electron chi connectivity index (χ1n) is 12.6. The number of carbonyl (C=O) groups excluding carboxylic acids is 2. The molecule has 2 heterocycles. The third-order valence-corrected chi connectivity index (χ3v) is 8.63. The van der Waals surface area contributed by atoms with E-state index >= 15 is 0 Å². The Kier molecular flexibility index (Phi) is 8.07. The summed E-state index contributed by atoms with van der Waals surface area (Å²) in [6.07, 6.45) is 1.98. The first-order valence-corrected chi connectivity index (χ1v) is 13.6. The molecular formula is C28H36N2O4S. The molecule has 4 rings (SSSR count). The summed E-state index contributed by atoms with van der Waals surface area (Å²) in [5, 5.41) is 12.2. The molecule has 0 aromatic heterocycles. The number of benzene rings is 2. The van der Waals surface area contributed by atoms with Crippen molar-refractivity contribution in [2.75, 3.05) is 12.4 Å². The van der Waals surface area contributed by atoms with E-state index in [0.717, 1.165) is 24.0 Å². The van der Waals surface area contributed by atoms with E-state index in [-0.39, 0.29) is 24.1 Å². The number of ether oxygens (including phenoxy) is 1. The lowest BCUT2D eigenvalue weighted by Gasteiger charge is -2.38. The van der Waals surface area contributed by atoms with Gasteiger partial charge in [-0.3, -0.25) is 4.79 Å². The van der Waals surface area contributed by atoms with Gasteiger partial charge in [0.05, 0.1) is 30.7 Å². The average Bonchev–Trinajstić information content (AvgIpc) is 3.36. The maximum Gasteiger partial charge on any atom is 0.321 e. The number of nitrogens with zero attached hydrogens (tertiary/aromatic N) is 2. The minimum atomic E-state index is -1.42. The Hall–Kier alpha value is -2.51. The molecule has 0 saturated carbocycles. The van der Waals surface area contributed by atoms with Crippen molar-refractivity contribution < 1.29 is 19.4 Å². The van der Waals surface area contributed by atoms with Gasteiger partial charge in [0.2, 0.25) is 0 Å². The van der Waals surface area contributed by atoms with Gasteiger partial charge < -0.3 is 19.6 Å². The second kappa shape index (κ2) is 11.0. The number of amides is 2. The van der Waals surface area contributed by atoms with Crippen molar-refractivity contribution in [2.24, 2.45) is 5.92 Å². The number of urea groups is 1. The zero-order valence-electron chi connectivity index (χ0n) is 20.8. The Morgan fingerprint density at radius 3 is 2.40 bits per heavy atom. The maximum absolute atomic E-state index is 14.0. The third-order valence-electron chi connectivity index (χ3n) is 7.14. The van der Waals surface area contributed by atoms with Gasteiger partial charge in [0.1, 0.15) is 4.93 Å². The molecule has 0 radical (unpaired) electrons. The molecule has 0 bridgehead atoms. The monoisotopic (exact) mass is 496 g/mol. The van der Waals surface area contributed by atoms with Crippen LogP contribution in [0.1, 0.15) is 57.2 Å². The lowest BCUT2D eigenvalue weighted by atomic mass is 9.87. The van der Waals surface area contributed by atoms with Gasteiger partial charge in [0.25, 0.3) is 0 Å². The van der Waals surface area contributed by atoms with Crippen LogP contribution in [0.5, 0.6) is 0 Å². The van der Waals surface area contributed by atoms with Crippen molar-refractivity contribution in [2.45, 2.75) is 69.6 Å². The molecule has 2 fully saturated rings. The van der Waals surface area contributed by atoms with Crippen LogP contribution in [-0.2, 0) is 16.1 Å². The number of carbonyl (C=O) groups is 2. The zero-order valence-corrected chi connectivity index (χ0v) is 21.6. The summed E-state index contributed by atoms with van der Waals surface area (Å²) in [5.41, 5.74) is 2.04. The lowest BCUT2D eigenvalue weighted by Crippen LogP contribution is -2.55. The van der Waals surface area contributed by atoms with E-state index in [9.17, 15) is 14.7 Å². The Bertz CT molecular complexity index is 1000. The molecule has 0 aliphatic carbocycles. The molecule has 2 aliphatic rings. The molecule has 2 amide bonds. The number of thioether (sulfide) groups is 1. The molecule has 35 heavy (non-hydrogen) atoms. The Labute approximate surface area is 212 Å². The summed E-state index contributed by atoms with van der Waals surface area (Å²) in [6, 6.07) is 18.8. The summed E-state index contributed by atoms with van der Waals surface area (Å²) in [7, 11) is 0. The first kappa shape index (κ1) is 25.6. The summed E-state index contributed by atoms with van der Waals surface area (Å²) < 4.78 is 5.53. The third kappa shape index (κ3) is 4.94. The molecule has 6 nitrogen and oxygen atoms in total. The second-order valence-electron chi connectivity index (χ2n) is 9.47. The van der Waals surface area contributed by atoms with Crippen LogP contribution in [-0.4, -0.2) is 56.3 Å². The van der Waals surface area contributed by atoms with E-state index in [2.05, 4.69) is 0 Å². The van der Waals surface area contributed by atoms with Gasteiger partial charge in [-0.15, -0.1) is 11.8 Å². The van der Waals surface area contributed by atoms with Crippen molar-refractivity contribution in [3.63, 3.8) is 0 Å². The maximum atomic E-state index is 14.0. The van der Waals surface area contributed by atoms with E-state index in [1.165, 1.54) is 11.8 Å². The fraction of sp³-hybridized carbons (Fsp3) is 0.500. The van der Waals surface area contributed by atoms with E-state index in [0.29, 0.717) is 25.3 Å². The van der Waals surface area contributed by atoms with Crippen molar-refractivity contribution in [1.29, 1.82) is 0 Å². The van der Waals surface area contributed by atoms with E-state index < -0.39 is 16.9 Å². The van der Waals surface area contributed by atoms with Crippen LogP contribution < -0.4 is 0 Å². The van der Waals surface area contributed by atoms with E-state index in [4.69, 9.17) is 4.74 Å². The minimum absolute atomic E-state index is 0.101. The van der Waals surface area contributed by atoms with Crippen LogP contribution in [0.25, 0.3) is 0 Å². The first-order chi connectivity index (χ1) is 16.9. The summed E-state index contributed by atoms with van der Waals surface area (Å²) >= 11 is 1.40. The number of aliphatic hydroxyl groups is 1. The molecular weight excluding hydrogens is 460 g/mol. The van der Waals surface area contributed by atoms with Crippen LogP contribution >= 0.6 is 11.8 Å². The lowest BCUT2D eigenvalue weighted by molar-refractivity contribution is -0.156. The number of fused-ring (bicyclic) bond motifs is 1. The molecule has 2 aromatic carbocycles. The highest BCUT2D eigenvalue weighted by atomic mass is 32.2. The van der Waals surface area contributed by atoms with Crippen molar-refractivity contribution in [3.8, 4) is 0 Å². The van der Waals surface area contributed by atoms with Gasteiger partial charge in [-0.25, -0.2) is 4.79 Å². The highest BCUT2D eigenvalue weighted by Crippen LogP contribution is 2.52. The SMILES string of the molecule is CCCOC(=O)C(CCC)C1(O)SC[C@@H]2[C@H]1N(Cc1ccccc1)C(=O)N2[C@H](C)c1ccccc1. The fourth-order valence-electron chi connectivity index (χ4n) is 5.43. The Morgan fingerprint density at radius 2 is 1.77 bits per heavy atom. The van der Waals surface area contributed by atoms with Gasteiger partial charge in [-0.05, 0) is 30.9 Å². The summed E-state index contributed by atoms with van der Waals surface area (Å²) in [5.74, 6) is -0.500. The number of hydrogen-bond acceptors (Lipinski definition) is 5. The summed E-state index contributed by atoms with van der Waals surface area (Å²) in [4.78, 5) is 29.4. The molecule has 2 aliphatic heterocycles. The quantitative estimate of drug-likeness (QED) is 0.360. The average molecular weight is 497 g/mol. The normalized spacial score (nSPS) is 25.4. The van der Waals surface area contributed by atoms with Gasteiger partial charge in [0.15, 0.2) is 0 Å².